The zero-order valence-electron chi connectivity index (χ0n) is 9.31. The quantitative estimate of drug-likeness (QED) is 0.495. The maximum Gasteiger partial charge on any atom is 0.387 e. The van der Waals surface area contributed by atoms with Crippen LogP contribution in [-0.2, 0) is 17.1 Å². The molecule has 0 radical (unpaired) electrons. The fourth-order valence-corrected chi connectivity index (χ4v) is 1.70. The van der Waals surface area contributed by atoms with Crippen molar-refractivity contribution in [3.05, 3.63) is 33.4 Å². The highest BCUT2D eigenvalue weighted by atomic mass is 35.5. The molecule has 0 unspecified atom stereocenters. The molecule has 0 saturated heterocycles. The van der Waals surface area contributed by atoms with Crippen LogP contribution < -0.4 is 4.74 Å². The second-order valence-electron chi connectivity index (χ2n) is 3.44. The van der Waals surface area contributed by atoms with E-state index in [-0.39, 0.29) is 17.0 Å². The zero-order chi connectivity index (χ0) is 14.6. The van der Waals surface area contributed by atoms with Gasteiger partial charge in [-0.1, -0.05) is 0 Å². The molecule has 9 heteroatoms. The minimum absolute atomic E-state index is 0.0823. The summed E-state index contributed by atoms with van der Waals surface area (Å²) in [7, 11) is 0. The van der Waals surface area contributed by atoms with Gasteiger partial charge < -0.3 is 9.84 Å². The van der Waals surface area contributed by atoms with Crippen molar-refractivity contribution in [1.29, 1.82) is 0 Å². The zero-order valence-corrected chi connectivity index (χ0v) is 10.1. The van der Waals surface area contributed by atoms with Gasteiger partial charge >= 0.3 is 18.3 Å². The number of nitro benzene ring substituents is 1. The Morgan fingerprint density at radius 2 is 2.16 bits per heavy atom. The average Bonchev–Trinajstić information content (AvgIpc) is 2.25. The average molecular weight is 296 g/mol. The van der Waals surface area contributed by atoms with Crippen molar-refractivity contribution in [2.45, 2.75) is 18.9 Å². The lowest BCUT2D eigenvalue weighted by atomic mass is 10.1. The van der Waals surface area contributed by atoms with Crippen LogP contribution in [0.5, 0.6) is 5.75 Å². The fourth-order valence-electron chi connectivity index (χ4n) is 1.50. The van der Waals surface area contributed by atoms with Crippen LogP contribution in [0.1, 0.15) is 11.1 Å². The molecule has 0 aliphatic carbocycles. The van der Waals surface area contributed by atoms with E-state index in [1.54, 1.807) is 0 Å². The van der Waals surface area contributed by atoms with Crippen LogP contribution in [0.3, 0.4) is 0 Å². The summed E-state index contributed by atoms with van der Waals surface area (Å²) in [5.41, 5.74) is -0.685. The number of hydrogen-bond acceptors (Lipinski definition) is 4. The van der Waals surface area contributed by atoms with Gasteiger partial charge in [-0.25, -0.2) is 0 Å². The monoisotopic (exact) mass is 295 g/mol. The molecule has 6 nitrogen and oxygen atoms in total. The van der Waals surface area contributed by atoms with Crippen LogP contribution in [-0.4, -0.2) is 22.6 Å². The summed E-state index contributed by atoms with van der Waals surface area (Å²) in [6.45, 7) is -3.26. The smallest absolute Gasteiger partial charge is 0.387 e. The highest BCUT2D eigenvalue weighted by molar-refractivity contribution is 6.17. The van der Waals surface area contributed by atoms with Crippen molar-refractivity contribution in [3.8, 4) is 5.75 Å². The predicted octanol–water partition coefficient (Wildman–Crippen LogP) is 2.56. The summed E-state index contributed by atoms with van der Waals surface area (Å²) in [6, 6.07) is 2.08. The van der Waals surface area contributed by atoms with Gasteiger partial charge in [0.2, 0.25) is 5.75 Å². The molecule has 0 spiro atoms. The lowest BCUT2D eigenvalue weighted by Crippen LogP contribution is -2.08. The van der Waals surface area contributed by atoms with Crippen molar-refractivity contribution in [2.75, 3.05) is 0 Å². The van der Waals surface area contributed by atoms with Crippen LogP contribution >= 0.6 is 11.6 Å². The largest absolute Gasteiger partial charge is 0.481 e. The van der Waals surface area contributed by atoms with Crippen molar-refractivity contribution in [1.82, 2.24) is 0 Å². The van der Waals surface area contributed by atoms with Crippen LogP contribution in [0, 0.1) is 10.1 Å². The van der Waals surface area contributed by atoms with Crippen LogP contribution in [0.4, 0.5) is 14.5 Å². The highest BCUT2D eigenvalue weighted by Gasteiger charge is 2.24. The third-order valence-electron chi connectivity index (χ3n) is 2.11. The molecule has 19 heavy (non-hydrogen) atoms. The molecular weight excluding hydrogens is 288 g/mol. The van der Waals surface area contributed by atoms with Gasteiger partial charge in [0.1, 0.15) is 0 Å². The first-order valence-corrected chi connectivity index (χ1v) is 5.41. The Morgan fingerprint density at radius 3 is 2.58 bits per heavy atom. The molecular formula is C10H8ClF2NO5. The maximum absolute atomic E-state index is 12.2. The Hall–Kier alpha value is -1.96. The van der Waals surface area contributed by atoms with Crippen LogP contribution in [0.15, 0.2) is 12.1 Å². The standard InChI is InChI=1S/C10H8ClF2NO5/c11-4-6-1-5(3-8(15)16)2-7(19-10(12)13)9(6)14(17)18/h1-2,10H,3-4H2,(H,15,16). The highest BCUT2D eigenvalue weighted by Crippen LogP contribution is 2.34. The number of nitrogens with zero attached hydrogens (tertiary/aromatic N) is 1. The Bertz CT molecular complexity index is 509. The molecule has 1 N–H and O–H groups in total. The molecule has 0 aliphatic rings. The van der Waals surface area contributed by atoms with E-state index in [1.807, 2.05) is 0 Å². The Kier molecular flexibility index (Phi) is 4.99. The topological polar surface area (TPSA) is 89.7 Å². The Morgan fingerprint density at radius 1 is 1.53 bits per heavy atom. The minimum Gasteiger partial charge on any atom is -0.481 e. The normalized spacial score (nSPS) is 10.5. The number of benzene rings is 1. The first kappa shape index (κ1) is 15.1. The maximum atomic E-state index is 12.2. The molecule has 0 fully saturated rings. The first-order chi connectivity index (χ1) is 8.85. The second-order valence-corrected chi connectivity index (χ2v) is 3.71. The van der Waals surface area contributed by atoms with Gasteiger partial charge in [0.25, 0.3) is 0 Å². The summed E-state index contributed by atoms with van der Waals surface area (Å²) >= 11 is 5.50. The molecule has 0 amide bonds. The second kappa shape index (κ2) is 6.28. The van der Waals surface area contributed by atoms with Gasteiger partial charge in [0.05, 0.1) is 17.2 Å². The van der Waals surface area contributed by atoms with E-state index in [0.29, 0.717) is 0 Å². The Labute approximate surface area is 110 Å². The lowest BCUT2D eigenvalue weighted by molar-refractivity contribution is -0.387. The van der Waals surface area contributed by atoms with Gasteiger partial charge in [-0.3, -0.25) is 14.9 Å². The number of aliphatic carboxylic acids is 1. The summed E-state index contributed by atoms with van der Waals surface area (Å²) in [4.78, 5) is 20.5. The van der Waals surface area contributed by atoms with Gasteiger partial charge in [-0.05, 0) is 17.7 Å². The van der Waals surface area contributed by atoms with Crippen molar-refractivity contribution in [2.24, 2.45) is 0 Å². The number of carbonyl (C=O) groups is 1. The molecule has 0 bridgehead atoms. The number of hydrogen-bond donors (Lipinski definition) is 1. The molecule has 1 aromatic carbocycles. The number of alkyl halides is 3. The minimum atomic E-state index is -3.26. The third-order valence-corrected chi connectivity index (χ3v) is 2.40. The van der Waals surface area contributed by atoms with Crippen molar-refractivity contribution < 1.29 is 28.3 Å². The molecule has 0 saturated carbocycles. The SMILES string of the molecule is O=C(O)Cc1cc(CCl)c([N+](=O)[O-])c(OC(F)F)c1. The predicted molar refractivity (Wildman–Crippen MR) is 60.6 cm³/mol. The van der Waals surface area contributed by atoms with Crippen molar-refractivity contribution in [3.63, 3.8) is 0 Å². The molecule has 0 atom stereocenters. The van der Waals surface area contributed by atoms with Gasteiger partial charge in [0, 0.05) is 5.56 Å². The van der Waals surface area contributed by atoms with E-state index in [4.69, 9.17) is 16.7 Å². The number of carboxylic acids is 1. The summed E-state index contributed by atoms with van der Waals surface area (Å²) in [5, 5.41) is 19.4. The number of carboxylic acid groups (broad SMARTS) is 1. The summed E-state index contributed by atoms with van der Waals surface area (Å²) in [6.07, 6.45) is -0.485. The molecule has 1 aromatic rings. The van der Waals surface area contributed by atoms with E-state index in [0.717, 1.165) is 6.07 Å². The van der Waals surface area contributed by atoms with Gasteiger partial charge in [-0.2, -0.15) is 8.78 Å². The lowest BCUT2D eigenvalue weighted by Gasteiger charge is -2.10. The molecule has 104 valence electrons. The molecule has 0 heterocycles. The van der Waals surface area contributed by atoms with Gasteiger partial charge in [0.15, 0.2) is 0 Å². The molecule has 1 rings (SSSR count). The Balaban J connectivity index is 3.35. The summed E-state index contributed by atoms with van der Waals surface area (Å²) in [5.74, 6) is -2.24. The van der Waals surface area contributed by atoms with Gasteiger partial charge in [-0.15, -0.1) is 11.6 Å². The van der Waals surface area contributed by atoms with E-state index in [9.17, 15) is 23.7 Å². The first-order valence-electron chi connectivity index (χ1n) is 4.88. The number of ether oxygens (including phenoxy) is 1. The van der Waals surface area contributed by atoms with Crippen LogP contribution in [0.2, 0.25) is 0 Å². The van der Waals surface area contributed by atoms with Crippen molar-refractivity contribution >= 4 is 23.3 Å². The number of rotatable bonds is 6. The van der Waals surface area contributed by atoms with E-state index >= 15 is 0 Å². The fraction of sp³-hybridized carbons (Fsp3) is 0.300. The summed E-state index contributed by atoms with van der Waals surface area (Å²) < 4.78 is 28.4. The van der Waals surface area contributed by atoms with E-state index in [2.05, 4.69) is 4.74 Å². The number of halogens is 3. The number of nitro groups is 1. The van der Waals surface area contributed by atoms with E-state index in [1.165, 1.54) is 6.07 Å². The van der Waals surface area contributed by atoms with E-state index < -0.39 is 35.4 Å². The molecule has 0 aliphatic heterocycles. The van der Waals surface area contributed by atoms with Crippen LogP contribution in [0.25, 0.3) is 0 Å². The third kappa shape index (κ3) is 4.02. The molecule has 0 aromatic heterocycles.